The second-order valence-electron chi connectivity index (χ2n) is 3.85. The van der Waals surface area contributed by atoms with E-state index in [4.69, 9.17) is 10.6 Å². The fraction of sp³-hybridized carbons (Fsp3) is 0.667. The maximum Gasteiger partial charge on any atom is 0.389 e. The molecule has 0 saturated heterocycles. The van der Waals surface area contributed by atoms with Crippen molar-refractivity contribution in [2.24, 2.45) is 5.84 Å². The Labute approximate surface area is 108 Å². The predicted molar refractivity (Wildman–Crippen MR) is 62.7 cm³/mol. The van der Waals surface area contributed by atoms with E-state index < -0.39 is 12.6 Å². The van der Waals surface area contributed by atoms with Crippen LogP contribution in [0.4, 0.5) is 25.1 Å². The Balaban J connectivity index is 2.60. The lowest BCUT2D eigenvalue weighted by atomic mass is 10.3. The molecule has 0 aliphatic rings. The van der Waals surface area contributed by atoms with Crippen LogP contribution in [0.2, 0.25) is 0 Å². The van der Waals surface area contributed by atoms with Crippen LogP contribution in [-0.4, -0.2) is 41.8 Å². The molecular formula is C9H15F3N6O. The van der Waals surface area contributed by atoms with E-state index in [1.807, 2.05) is 0 Å². The Bertz CT molecular complexity index is 411. The molecule has 1 rings (SSSR count). The summed E-state index contributed by atoms with van der Waals surface area (Å²) >= 11 is 0. The summed E-state index contributed by atoms with van der Waals surface area (Å²) < 4.78 is 40.9. The number of hydrogen-bond acceptors (Lipinski definition) is 7. The topological polar surface area (TPSA) is 89.2 Å². The van der Waals surface area contributed by atoms with Gasteiger partial charge in [-0.25, -0.2) is 5.84 Å². The van der Waals surface area contributed by atoms with Crippen molar-refractivity contribution in [3.05, 3.63) is 0 Å². The van der Waals surface area contributed by atoms with E-state index in [1.165, 1.54) is 0 Å². The number of hydrogen-bond donors (Lipinski definition) is 2. The predicted octanol–water partition coefficient (Wildman–Crippen LogP) is 0.944. The number of nitrogen functional groups attached to an aromatic ring is 1. The first-order valence-corrected chi connectivity index (χ1v) is 5.41. The molecule has 0 saturated carbocycles. The lowest BCUT2D eigenvalue weighted by Gasteiger charge is -2.12. The molecule has 0 aliphatic carbocycles. The van der Waals surface area contributed by atoms with Crippen LogP contribution >= 0.6 is 0 Å². The normalized spacial score (nSPS) is 11.3. The van der Waals surface area contributed by atoms with Crippen molar-refractivity contribution in [2.45, 2.75) is 19.0 Å². The number of ether oxygens (including phenoxy) is 1. The summed E-state index contributed by atoms with van der Waals surface area (Å²) in [5, 5.41) is 0. The van der Waals surface area contributed by atoms with Gasteiger partial charge in [0.25, 0.3) is 0 Å². The Kier molecular flexibility index (Phi) is 5.10. The van der Waals surface area contributed by atoms with E-state index in [0.717, 1.165) is 0 Å². The minimum absolute atomic E-state index is 0.0736. The first kappa shape index (κ1) is 15.2. The van der Waals surface area contributed by atoms with Gasteiger partial charge >= 0.3 is 12.2 Å². The zero-order valence-corrected chi connectivity index (χ0v) is 10.5. The highest BCUT2D eigenvalue weighted by Gasteiger charge is 2.26. The van der Waals surface area contributed by atoms with Gasteiger partial charge in [0.1, 0.15) is 0 Å². The fourth-order valence-corrected chi connectivity index (χ4v) is 1.11. The SMILES string of the molecule is CN(C)c1nc(NN)nc(OCCCC(F)(F)F)n1. The van der Waals surface area contributed by atoms with Gasteiger partial charge < -0.3 is 9.64 Å². The van der Waals surface area contributed by atoms with Gasteiger partial charge in [-0.05, 0) is 6.42 Å². The second kappa shape index (κ2) is 6.36. The van der Waals surface area contributed by atoms with Gasteiger partial charge in [-0.1, -0.05) is 0 Å². The summed E-state index contributed by atoms with van der Waals surface area (Å²) in [4.78, 5) is 13.2. The molecule has 0 fully saturated rings. The first-order chi connectivity index (χ1) is 8.81. The van der Waals surface area contributed by atoms with Crippen LogP contribution in [-0.2, 0) is 0 Å². The van der Waals surface area contributed by atoms with Crippen molar-refractivity contribution >= 4 is 11.9 Å². The molecule has 0 atom stereocenters. The number of hydrazine groups is 1. The Morgan fingerprint density at radius 3 is 2.47 bits per heavy atom. The Hall–Kier alpha value is -1.84. The van der Waals surface area contributed by atoms with Crippen molar-refractivity contribution < 1.29 is 17.9 Å². The number of nitrogens with zero attached hydrogens (tertiary/aromatic N) is 4. The summed E-state index contributed by atoms with van der Waals surface area (Å²) in [6, 6.07) is -0.0752. The molecule has 1 aromatic rings. The van der Waals surface area contributed by atoms with Gasteiger partial charge in [-0.3, -0.25) is 5.43 Å². The number of nitrogens with one attached hydrogen (secondary N) is 1. The van der Waals surface area contributed by atoms with E-state index in [0.29, 0.717) is 0 Å². The Morgan fingerprint density at radius 2 is 1.95 bits per heavy atom. The third kappa shape index (κ3) is 5.55. The van der Waals surface area contributed by atoms with Gasteiger partial charge in [0.15, 0.2) is 0 Å². The molecule has 0 spiro atoms. The second-order valence-corrected chi connectivity index (χ2v) is 3.85. The minimum atomic E-state index is -4.19. The maximum atomic E-state index is 11.9. The quantitative estimate of drug-likeness (QED) is 0.455. The number of rotatable bonds is 6. The molecule has 1 aromatic heterocycles. The third-order valence-electron chi connectivity index (χ3n) is 1.97. The summed E-state index contributed by atoms with van der Waals surface area (Å²) in [7, 11) is 3.39. The molecule has 0 unspecified atom stereocenters. The smallest absolute Gasteiger partial charge is 0.389 e. The van der Waals surface area contributed by atoms with Crippen LogP contribution < -0.4 is 20.9 Å². The summed E-state index contributed by atoms with van der Waals surface area (Å²) in [6.07, 6.45) is -5.28. The van der Waals surface area contributed by atoms with Gasteiger partial charge in [-0.15, -0.1) is 0 Å². The zero-order valence-electron chi connectivity index (χ0n) is 10.5. The van der Waals surface area contributed by atoms with Crippen molar-refractivity contribution in [2.75, 3.05) is 31.0 Å². The van der Waals surface area contributed by atoms with Crippen LogP contribution in [0.1, 0.15) is 12.8 Å². The number of anilines is 2. The van der Waals surface area contributed by atoms with E-state index in [2.05, 4.69) is 20.4 Å². The number of nitrogens with two attached hydrogens (primary N) is 1. The van der Waals surface area contributed by atoms with Crippen LogP contribution in [0.3, 0.4) is 0 Å². The molecule has 10 heteroatoms. The van der Waals surface area contributed by atoms with Gasteiger partial charge in [0, 0.05) is 20.5 Å². The fourth-order valence-electron chi connectivity index (χ4n) is 1.11. The van der Waals surface area contributed by atoms with Crippen molar-refractivity contribution in [1.29, 1.82) is 0 Å². The lowest BCUT2D eigenvalue weighted by Crippen LogP contribution is -2.18. The summed E-state index contributed by atoms with van der Waals surface area (Å²) in [6.45, 7) is -0.138. The molecule has 7 nitrogen and oxygen atoms in total. The maximum absolute atomic E-state index is 11.9. The molecule has 19 heavy (non-hydrogen) atoms. The molecule has 108 valence electrons. The lowest BCUT2D eigenvalue weighted by molar-refractivity contribution is -0.136. The van der Waals surface area contributed by atoms with Crippen molar-refractivity contribution in [1.82, 2.24) is 15.0 Å². The molecule has 0 bridgehead atoms. The van der Waals surface area contributed by atoms with Gasteiger partial charge in [0.05, 0.1) is 6.61 Å². The molecule has 0 amide bonds. The molecule has 0 aliphatic heterocycles. The highest BCUT2D eigenvalue weighted by molar-refractivity contribution is 5.35. The standard InChI is InChI=1S/C9H15F3N6O/c1-18(2)7-14-6(17-13)15-8(16-7)19-5-3-4-9(10,11)12/h3-5,13H2,1-2H3,(H,14,15,16,17). The summed E-state index contributed by atoms with van der Waals surface area (Å²) in [5.41, 5.74) is 2.23. The molecule has 1 heterocycles. The van der Waals surface area contributed by atoms with Crippen molar-refractivity contribution in [3.8, 4) is 6.01 Å². The van der Waals surface area contributed by atoms with Gasteiger partial charge in [-0.2, -0.15) is 28.1 Å². The van der Waals surface area contributed by atoms with E-state index in [-0.39, 0.29) is 30.9 Å². The molecule has 0 radical (unpaired) electrons. The highest BCUT2D eigenvalue weighted by atomic mass is 19.4. The van der Waals surface area contributed by atoms with Crippen LogP contribution in [0.5, 0.6) is 6.01 Å². The molecular weight excluding hydrogens is 265 g/mol. The van der Waals surface area contributed by atoms with E-state index >= 15 is 0 Å². The minimum Gasteiger partial charge on any atom is -0.463 e. The van der Waals surface area contributed by atoms with Gasteiger partial charge in [0.2, 0.25) is 11.9 Å². The van der Waals surface area contributed by atoms with E-state index in [1.54, 1.807) is 19.0 Å². The van der Waals surface area contributed by atoms with Crippen LogP contribution in [0, 0.1) is 0 Å². The molecule has 0 aromatic carbocycles. The summed E-state index contributed by atoms with van der Waals surface area (Å²) in [5.74, 6) is 5.53. The number of halogens is 3. The number of alkyl halides is 3. The third-order valence-corrected chi connectivity index (χ3v) is 1.97. The van der Waals surface area contributed by atoms with Crippen molar-refractivity contribution in [3.63, 3.8) is 0 Å². The Morgan fingerprint density at radius 1 is 1.26 bits per heavy atom. The molecule has 3 N–H and O–H groups in total. The van der Waals surface area contributed by atoms with Crippen LogP contribution in [0.25, 0.3) is 0 Å². The van der Waals surface area contributed by atoms with Crippen LogP contribution in [0.15, 0.2) is 0 Å². The number of aromatic nitrogens is 3. The average Bonchev–Trinajstić information content (AvgIpc) is 2.33. The average molecular weight is 280 g/mol. The zero-order chi connectivity index (χ0) is 14.5. The largest absolute Gasteiger partial charge is 0.463 e. The monoisotopic (exact) mass is 280 g/mol. The highest BCUT2D eigenvalue weighted by Crippen LogP contribution is 2.21. The first-order valence-electron chi connectivity index (χ1n) is 5.41. The van der Waals surface area contributed by atoms with E-state index in [9.17, 15) is 13.2 Å².